The van der Waals surface area contributed by atoms with Crippen molar-refractivity contribution in [1.29, 1.82) is 0 Å². The molecule has 5 nitrogen and oxygen atoms in total. The molecular weight excluding hydrogens is 272 g/mol. The molecule has 1 saturated carbocycles. The third-order valence-corrected chi connectivity index (χ3v) is 5.98. The fourth-order valence-electron chi connectivity index (χ4n) is 2.31. The topological polar surface area (TPSA) is 89.3 Å². The number of thioether (sulfide) groups is 1. The summed E-state index contributed by atoms with van der Waals surface area (Å²) in [5.41, 5.74) is 4.86. The Labute approximate surface area is 113 Å². The van der Waals surface area contributed by atoms with Gasteiger partial charge in [-0.25, -0.2) is 8.42 Å². The van der Waals surface area contributed by atoms with E-state index < -0.39 is 15.4 Å². The lowest BCUT2D eigenvalue weighted by molar-refractivity contribution is -0.125. The number of hydrogen-bond acceptors (Lipinski definition) is 5. The van der Waals surface area contributed by atoms with Crippen molar-refractivity contribution in [3.8, 4) is 0 Å². The van der Waals surface area contributed by atoms with Gasteiger partial charge in [-0.1, -0.05) is 0 Å². The number of carbonyl (C=O) groups is 1. The van der Waals surface area contributed by atoms with Crippen LogP contribution in [0.15, 0.2) is 0 Å². The number of carbonyl (C=O) groups excluding carboxylic acids is 1. The van der Waals surface area contributed by atoms with E-state index in [2.05, 4.69) is 5.32 Å². The van der Waals surface area contributed by atoms with Gasteiger partial charge in [0.05, 0.1) is 11.3 Å². The predicted octanol–water partition coefficient (Wildman–Crippen LogP) is 0.150. The maximum Gasteiger partial charge on any atom is 0.237 e. The molecule has 1 rings (SSSR count). The van der Waals surface area contributed by atoms with Crippen molar-refractivity contribution in [2.75, 3.05) is 24.8 Å². The summed E-state index contributed by atoms with van der Waals surface area (Å²) in [5, 5.41) is 3.35. The minimum atomic E-state index is -2.90. The van der Waals surface area contributed by atoms with Crippen LogP contribution < -0.4 is 11.1 Å². The SMILES string of the molecule is CNC1(C(N)=O)CCCC(SCCS(C)(=O)=O)C1. The minimum Gasteiger partial charge on any atom is -0.368 e. The first kappa shape index (κ1) is 15.8. The lowest BCUT2D eigenvalue weighted by Gasteiger charge is -2.38. The molecule has 2 unspecified atom stereocenters. The fraction of sp³-hybridized carbons (Fsp3) is 0.909. The van der Waals surface area contributed by atoms with E-state index in [1.54, 1.807) is 18.8 Å². The number of primary amides is 1. The number of hydrogen-bond donors (Lipinski definition) is 2. The van der Waals surface area contributed by atoms with E-state index in [4.69, 9.17) is 5.73 Å². The normalized spacial score (nSPS) is 29.1. The second-order valence-corrected chi connectivity index (χ2v) is 8.58. The molecule has 0 aliphatic heterocycles. The van der Waals surface area contributed by atoms with E-state index in [1.807, 2.05) is 0 Å². The van der Waals surface area contributed by atoms with Gasteiger partial charge in [0.1, 0.15) is 9.84 Å². The lowest BCUT2D eigenvalue weighted by atomic mass is 9.81. The van der Waals surface area contributed by atoms with Crippen molar-refractivity contribution in [2.24, 2.45) is 5.73 Å². The van der Waals surface area contributed by atoms with Crippen LogP contribution in [0.5, 0.6) is 0 Å². The van der Waals surface area contributed by atoms with Crippen molar-refractivity contribution in [3.63, 3.8) is 0 Å². The second kappa shape index (κ2) is 6.25. The van der Waals surface area contributed by atoms with Gasteiger partial charge in [-0.2, -0.15) is 11.8 Å². The molecule has 106 valence electrons. The van der Waals surface area contributed by atoms with Crippen LogP contribution in [0.25, 0.3) is 0 Å². The van der Waals surface area contributed by atoms with Crippen LogP contribution in [0.1, 0.15) is 25.7 Å². The Hall–Kier alpha value is -0.270. The Bertz CT molecular complexity index is 397. The number of nitrogens with two attached hydrogens (primary N) is 1. The number of nitrogens with one attached hydrogen (secondary N) is 1. The lowest BCUT2D eigenvalue weighted by Crippen LogP contribution is -2.57. The highest BCUT2D eigenvalue weighted by molar-refractivity contribution is 8.01. The van der Waals surface area contributed by atoms with Gasteiger partial charge in [-0.3, -0.25) is 4.79 Å². The first-order chi connectivity index (χ1) is 8.29. The zero-order chi connectivity index (χ0) is 13.8. The molecular formula is C11H22N2O3S2. The van der Waals surface area contributed by atoms with Gasteiger partial charge in [0.2, 0.25) is 5.91 Å². The highest BCUT2D eigenvalue weighted by Crippen LogP contribution is 2.34. The Balaban J connectivity index is 2.51. The average Bonchev–Trinajstić information content (AvgIpc) is 2.27. The summed E-state index contributed by atoms with van der Waals surface area (Å²) in [6.45, 7) is 0. The second-order valence-electron chi connectivity index (χ2n) is 4.92. The molecule has 2 atom stereocenters. The first-order valence-electron chi connectivity index (χ1n) is 6.07. The van der Waals surface area contributed by atoms with E-state index in [0.29, 0.717) is 17.4 Å². The molecule has 0 aromatic heterocycles. The van der Waals surface area contributed by atoms with Gasteiger partial charge in [-0.05, 0) is 32.7 Å². The quantitative estimate of drug-likeness (QED) is 0.728. The highest BCUT2D eigenvalue weighted by atomic mass is 32.2. The molecule has 0 aromatic carbocycles. The van der Waals surface area contributed by atoms with Crippen LogP contribution in [0.4, 0.5) is 0 Å². The van der Waals surface area contributed by atoms with Gasteiger partial charge < -0.3 is 11.1 Å². The molecule has 0 heterocycles. The third kappa shape index (κ3) is 4.44. The molecule has 0 saturated heterocycles. The molecule has 1 aliphatic carbocycles. The highest BCUT2D eigenvalue weighted by Gasteiger charge is 2.40. The molecule has 7 heteroatoms. The van der Waals surface area contributed by atoms with Gasteiger partial charge in [-0.15, -0.1) is 0 Å². The van der Waals surface area contributed by atoms with Crippen LogP contribution in [0, 0.1) is 0 Å². The molecule has 1 aliphatic rings. The van der Waals surface area contributed by atoms with Crippen LogP contribution in [0.2, 0.25) is 0 Å². The van der Waals surface area contributed by atoms with Crippen molar-refractivity contribution in [1.82, 2.24) is 5.32 Å². The first-order valence-corrected chi connectivity index (χ1v) is 9.18. The van der Waals surface area contributed by atoms with Gasteiger partial charge in [0.15, 0.2) is 0 Å². The molecule has 18 heavy (non-hydrogen) atoms. The molecule has 0 spiro atoms. The maximum absolute atomic E-state index is 11.5. The third-order valence-electron chi connectivity index (χ3n) is 3.46. The number of rotatable bonds is 6. The molecule has 1 amide bonds. The summed E-state index contributed by atoms with van der Waals surface area (Å²) in [6, 6.07) is 0. The Morgan fingerprint density at radius 3 is 2.72 bits per heavy atom. The standard InChI is InChI=1S/C11H22N2O3S2/c1-13-11(10(12)14)5-3-4-9(8-11)17-6-7-18(2,15)16/h9,13H,3-8H2,1-2H3,(H2,12,14). The minimum absolute atomic E-state index is 0.192. The summed E-state index contributed by atoms with van der Waals surface area (Å²) >= 11 is 1.63. The smallest absolute Gasteiger partial charge is 0.237 e. The Morgan fingerprint density at radius 1 is 1.56 bits per heavy atom. The Morgan fingerprint density at radius 2 is 2.22 bits per heavy atom. The largest absolute Gasteiger partial charge is 0.368 e. The molecule has 3 N–H and O–H groups in total. The van der Waals surface area contributed by atoms with Crippen molar-refractivity contribution >= 4 is 27.5 Å². The van der Waals surface area contributed by atoms with Crippen LogP contribution in [-0.2, 0) is 14.6 Å². The summed E-state index contributed by atoms with van der Waals surface area (Å²) in [7, 11) is -1.15. The van der Waals surface area contributed by atoms with Crippen molar-refractivity contribution < 1.29 is 13.2 Å². The van der Waals surface area contributed by atoms with E-state index in [-0.39, 0.29) is 11.7 Å². The molecule has 0 aromatic rings. The van der Waals surface area contributed by atoms with Crippen LogP contribution >= 0.6 is 11.8 Å². The fourth-order valence-corrected chi connectivity index (χ4v) is 4.97. The monoisotopic (exact) mass is 294 g/mol. The summed E-state index contributed by atoms with van der Waals surface area (Å²) in [5.74, 6) is 0.470. The van der Waals surface area contributed by atoms with Gasteiger partial charge >= 0.3 is 0 Å². The van der Waals surface area contributed by atoms with E-state index in [1.165, 1.54) is 6.26 Å². The molecule has 0 bridgehead atoms. The van der Waals surface area contributed by atoms with E-state index in [0.717, 1.165) is 19.3 Å². The van der Waals surface area contributed by atoms with E-state index in [9.17, 15) is 13.2 Å². The molecule has 0 radical (unpaired) electrons. The number of likely N-dealkylation sites (N-methyl/N-ethyl adjacent to an activating group) is 1. The summed E-state index contributed by atoms with van der Waals surface area (Å²) < 4.78 is 22.1. The summed E-state index contributed by atoms with van der Waals surface area (Å²) in [4.78, 5) is 11.5. The van der Waals surface area contributed by atoms with Crippen molar-refractivity contribution in [2.45, 2.75) is 36.5 Å². The number of sulfone groups is 1. The zero-order valence-electron chi connectivity index (χ0n) is 10.9. The number of amides is 1. The zero-order valence-corrected chi connectivity index (χ0v) is 12.6. The Kier molecular flexibility index (Phi) is 5.48. The van der Waals surface area contributed by atoms with E-state index >= 15 is 0 Å². The van der Waals surface area contributed by atoms with Crippen LogP contribution in [0.3, 0.4) is 0 Å². The van der Waals surface area contributed by atoms with Gasteiger partial charge in [0.25, 0.3) is 0 Å². The van der Waals surface area contributed by atoms with Crippen molar-refractivity contribution in [3.05, 3.63) is 0 Å². The average molecular weight is 294 g/mol. The summed E-state index contributed by atoms with van der Waals surface area (Å²) in [6.07, 6.45) is 4.66. The predicted molar refractivity (Wildman–Crippen MR) is 75.4 cm³/mol. The van der Waals surface area contributed by atoms with Gasteiger partial charge in [0, 0.05) is 17.3 Å². The maximum atomic E-state index is 11.5. The molecule has 1 fully saturated rings. The van der Waals surface area contributed by atoms with Crippen LogP contribution in [-0.4, -0.2) is 49.9 Å².